The molecule has 0 saturated carbocycles. The Hall–Kier alpha value is -0.980. The van der Waals surface area contributed by atoms with Gasteiger partial charge in [0.1, 0.15) is 4.99 Å². The Bertz CT molecular complexity index is 626. The normalized spacial score (nSPS) is 20.8. The van der Waals surface area contributed by atoms with E-state index in [4.69, 9.17) is 18.0 Å². The molecule has 1 saturated heterocycles. The summed E-state index contributed by atoms with van der Waals surface area (Å²) in [6, 6.07) is 4.94. The Labute approximate surface area is 126 Å². The van der Waals surface area contributed by atoms with Crippen molar-refractivity contribution in [1.29, 1.82) is 0 Å². The van der Waals surface area contributed by atoms with Crippen molar-refractivity contribution < 1.29 is 8.42 Å². The van der Waals surface area contributed by atoms with Gasteiger partial charge in [0.05, 0.1) is 4.90 Å². The maximum absolute atomic E-state index is 12.6. The third-order valence-electron chi connectivity index (χ3n) is 3.72. The third-order valence-corrected chi connectivity index (χ3v) is 5.80. The first-order valence-electron chi connectivity index (χ1n) is 6.73. The van der Waals surface area contributed by atoms with E-state index in [1.54, 1.807) is 22.5 Å². The van der Waals surface area contributed by atoms with E-state index in [9.17, 15) is 8.42 Å². The number of hydrogen-bond donors (Lipinski definition) is 1. The summed E-state index contributed by atoms with van der Waals surface area (Å²) in [6.07, 6.45) is 2.01. The van der Waals surface area contributed by atoms with Crippen LogP contribution in [0.4, 0.5) is 0 Å². The Morgan fingerprint density at radius 1 is 1.45 bits per heavy atom. The lowest BCUT2D eigenvalue weighted by atomic mass is 10.0. The predicted molar refractivity (Wildman–Crippen MR) is 84.2 cm³/mol. The lowest BCUT2D eigenvalue weighted by molar-refractivity contribution is 0.281. The number of aryl methyl sites for hydroxylation is 1. The monoisotopic (exact) mass is 312 g/mol. The second-order valence-corrected chi connectivity index (χ2v) is 7.83. The molecule has 1 atom stereocenters. The summed E-state index contributed by atoms with van der Waals surface area (Å²) < 4.78 is 26.8. The molecular formula is C14H20N2O2S2. The molecule has 4 nitrogen and oxygen atoms in total. The molecule has 1 aromatic rings. The smallest absolute Gasteiger partial charge is 0.243 e. The van der Waals surface area contributed by atoms with Gasteiger partial charge in [-0.3, -0.25) is 0 Å². The van der Waals surface area contributed by atoms with Gasteiger partial charge < -0.3 is 5.73 Å². The Morgan fingerprint density at radius 2 is 2.15 bits per heavy atom. The minimum absolute atomic E-state index is 0.290. The molecule has 1 fully saturated rings. The maximum Gasteiger partial charge on any atom is 0.243 e. The number of sulfonamides is 1. The van der Waals surface area contributed by atoms with E-state index in [0.29, 0.717) is 23.9 Å². The van der Waals surface area contributed by atoms with Crippen molar-refractivity contribution in [2.45, 2.75) is 31.6 Å². The quantitative estimate of drug-likeness (QED) is 0.868. The van der Waals surface area contributed by atoms with E-state index in [2.05, 4.69) is 6.92 Å². The highest BCUT2D eigenvalue weighted by atomic mass is 32.2. The largest absolute Gasteiger partial charge is 0.389 e. The van der Waals surface area contributed by atoms with Crippen molar-refractivity contribution in [1.82, 2.24) is 4.31 Å². The van der Waals surface area contributed by atoms with Crippen molar-refractivity contribution in [3.63, 3.8) is 0 Å². The van der Waals surface area contributed by atoms with Gasteiger partial charge in [-0.2, -0.15) is 4.31 Å². The molecule has 1 aliphatic heterocycles. The van der Waals surface area contributed by atoms with E-state index in [-0.39, 0.29) is 4.99 Å². The van der Waals surface area contributed by atoms with E-state index >= 15 is 0 Å². The van der Waals surface area contributed by atoms with Crippen LogP contribution in [0.15, 0.2) is 23.1 Å². The van der Waals surface area contributed by atoms with Crippen LogP contribution in [0.2, 0.25) is 0 Å². The first-order chi connectivity index (χ1) is 9.32. The Kier molecular flexibility index (Phi) is 4.46. The Morgan fingerprint density at radius 3 is 2.70 bits per heavy atom. The first kappa shape index (κ1) is 15.4. The van der Waals surface area contributed by atoms with E-state index < -0.39 is 10.0 Å². The van der Waals surface area contributed by atoms with Crippen LogP contribution >= 0.6 is 12.2 Å². The molecule has 0 radical (unpaired) electrons. The number of piperidine rings is 1. The van der Waals surface area contributed by atoms with Crippen LogP contribution < -0.4 is 5.73 Å². The molecule has 1 heterocycles. The lowest BCUT2D eigenvalue weighted by Crippen LogP contribution is -2.39. The fourth-order valence-electron chi connectivity index (χ4n) is 2.59. The highest BCUT2D eigenvalue weighted by Crippen LogP contribution is 2.24. The van der Waals surface area contributed by atoms with Crippen LogP contribution in [0.3, 0.4) is 0 Å². The summed E-state index contributed by atoms with van der Waals surface area (Å²) >= 11 is 4.94. The van der Waals surface area contributed by atoms with Crippen LogP contribution in [-0.4, -0.2) is 30.8 Å². The molecule has 6 heteroatoms. The predicted octanol–water partition coefficient (Wildman–Crippen LogP) is 2.05. The van der Waals surface area contributed by atoms with Crippen molar-refractivity contribution in [2.24, 2.45) is 11.7 Å². The highest BCUT2D eigenvalue weighted by Gasteiger charge is 2.28. The van der Waals surface area contributed by atoms with E-state index in [1.807, 2.05) is 6.92 Å². The van der Waals surface area contributed by atoms with Crippen LogP contribution in [0.25, 0.3) is 0 Å². The summed E-state index contributed by atoms with van der Waals surface area (Å²) in [5, 5.41) is 0. The van der Waals surface area contributed by atoms with Crippen LogP contribution in [0, 0.1) is 12.8 Å². The summed E-state index contributed by atoms with van der Waals surface area (Å²) in [5.74, 6) is 0.413. The summed E-state index contributed by atoms with van der Waals surface area (Å²) in [5.41, 5.74) is 7.13. The zero-order chi connectivity index (χ0) is 14.9. The number of hydrogen-bond acceptors (Lipinski definition) is 3. The second kappa shape index (κ2) is 5.79. The zero-order valence-corrected chi connectivity index (χ0v) is 13.4. The minimum atomic E-state index is -3.41. The Balaban J connectivity index is 2.34. The summed E-state index contributed by atoms with van der Waals surface area (Å²) in [6.45, 7) is 5.11. The molecule has 1 aliphatic rings. The molecule has 2 N–H and O–H groups in total. The first-order valence-corrected chi connectivity index (χ1v) is 8.58. The number of benzene rings is 1. The molecule has 20 heavy (non-hydrogen) atoms. The topological polar surface area (TPSA) is 63.4 Å². The lowest BCUT2D eigenvalue weighted by Gasteiger charge is -2.30. The molecule has 2 rings (SSSR count). The fourth-order valence-corrected chi connectivity index (χ4v) is 4.50. The molecule has 0 amide bonds. The molecule has 0 spiro atoms. The van der Waals surface area contributed by atoms with Crippen molar-refractivity contribution in [3.8, 4) is 0 Å². The molecule has 0 aromatic heterocycles. The molecular weight excluding hydrogens is 292 g/mol. The second-order valence-electron chi connectivity index (χ2n) is 5.45. The van der Waals surface area contributed by atoms with Crippen LogP contribution in [0.1, 0.15) is 30.9 Å². The van der Waals surface area contributed by atoms with E-state index in [0.717, 1.165) is 24.0 Å². The number of nitrogens with two attached hydrogens (primary N) is 1. The molecule has 0 aliphatic carbocycles. The van der Waals surface area contributed by atoms with Gasteiger partial charge in [-0.1, -0.05) is 25.2 Å². The molecule has 0 bridgehead atoms. The highest BCUT2D eigenvalue weighted by molar-refractivity contribution is 7.89. The average molecular weight is 312 g/mol. The van der Waals surface area contributed by atoms with Gasteiger partial charge >= 0.3 is 0 Å². The summed E-state index contributed by atoms with van der Waals surface area (Å²) in [7, 11) is -3.41. The van der Waals surface area contributed by atoms with Gasteiger partial charge in [0.25, 0.3) is 0 Å². The number of rotatable bonds is 3. The fraction of sp³-hybridized carbons (Fsp3) is 0.500. The van der Waals surface area contributed by atoms with Gasteiger partial charge in [0.2, 0.25) is 10.0 Å². The van der Waals surface area contributed by atoms with Crippen LogP contribution in [-0.2, 0) is 10.0 Å². The summed E-state index contributed by atoms with van der Waals surface area (Å²) in [4.78, 5) is 0.613. The van der Waals surface area contributed by atoms with Crippen molar-refractivity contribution in [2.75, 3.05) is 13.1 Å². The number of nitrogens with zero attached hydrogens (tertiary/aromatic N) is 1. The molecule has 1 unspecified atom stereocenters. The maximum atomic E-state index is 12.6. The zero-order valence-electron chi connectivity index (χ0n) is 11.8. The number of thiocarbonyl (C=S) groups is 1. The standard InChI is InChI=1S/C14H20N2O2S2/c1-10-4-3-7-16(9-10)20(17,18)12-5-6-13(14(15)19)11(2)8-12/h5-6,8,10H,3-4,7,9H2,1-2H3,(H2,15,19). The van der Waals surface area contributed by atoms with Gasteiger partial charge in [0.15, 0.2) is 0 Å². The molecule has 1 aromatic carbocycles. The van der Waals surface area contributed by atoms with Gasteiger partial charge in [-0.05, 0) is 43.4 Å². The molecule has 110 valence electrons. The van der Waals surface area contributed by atoms with Gasteiger partial charge in [-0.25, -0.2) is 8.42 Å². The van der Waals surface area contributed by atoms with Crippen molar-refractivity contribution in [3.05, 3.63) is 29.3 Å². The third kappa shape index (κ3) is 3.02. The van der Waals surface area contributed by atoms with Gasteiger partial charge in [-0.15, -0.1) is 0 Å². The van der Waals surface area contributed by atoms with Gasteiger partial charge in [0, 0.05) is 18.7 Å². The minimum Gasteiger partial charge on any atom is -0.389 e. The average Bonchev–Trinajstić information content (AvgIpc) is 2.38. The van der Waals surface area contributed by atoms with Crippen LogP contribution in [0.5, 0.6) is 0 Å². The van der Waals surface area contributed by atoms with E-state index in [1.165, 1.54) is 0 Å². The van der Waals surface area contributed by atoms with Crippen molar-refractivity contribution >= 4 is 27.2 Å². The SMILES string of the molecule is Cc1cc(S(=O)(=O)N2CCCC(C)C2)ccc1C(N)=S.